The fourth-order valence-corrected chi connectivity index (χ4v) is 2.32. The molecule has 1 heterocycles. The highest BCUT2D eigenvalue weighted by Gasteiger charge is 2.28. The first kappa shape index (κ1) is 13.6. The summed E-state index contributed by atoms with van der Waals surface area (Å²) >= 11 is 0. The zero-order chi connectivity index (χ0) is 13.7. The number of methoxy groups -OCH3 is 1. The highest BCUT2D eigenvalue weighted by Crippen LogP contribution is 2.17. The maximum atomic E-state index is 12.0. The van der Waals surface area contributed by atoms with Crippen LogP contribution in [0.2, 0.25) is 0 Å². The summed E-state index contributed by atoms with van der Waals surface area (Å²) in [6.07, 6.45) is 4.62. The van der Waals surface area contributed by atoms with Crippen LogP contribution in [0.3, 0.4) is 0 Å². The summed E-state index contributed by atoms with van der Waals surface area (Å²) in [7, 11) is 1.44. The van der Waals surface area contributed by atoms with Crippen LogP contribution in [0.5, 0.6) is 0 Å². The van der Waals surface area contributed by atoms with Gasteiger partial charge >= 0.3 is 5.97 Å². The van der Waals surface area contributed by atoms with Crippen molar-refractivity contribution in [3.05, 3.63) is 60.2 Å². The maximum absolute atomic E-state index is 12.0. The van der Waals surface area contributed by atoms with E-state index < -0.39 is 0 Å². The van der Waals surface area contributed by atoms with Crippen molar-refractivity contribution in [2.45, 2.75) is 12.5 Å². The molecule has 0 amide bonds. The molecule has 1 aromatic carbocycles. The molecule has 0 saturated heterocycles. The van der Waals surface area contributed by atoms with Crippen molar-refractivity contribution in [2.24, 2.45) is 0 Å². The van der Waals surface area contributed by atoms with E-state index in [0.717, 1.165) is 18.7 Å². The molecular weight excluding hydrogens is 238 g/mol. The Morgan fingerprint density at radius 1 is 1.47 bits per heavy atom. The van der Waals surface area contributed by atoms with Gasteiger partial charge in [0.15, 0.2) is 0 Å². The van der Waals surface area contributed by atoms with E-state index in [-0.39, 0.29) is 12.0 Å². The van der Waals surface area contributed by atoms with Crippen LogP contribution in [0.15, 0.2) is 54.6 Å². The molecule has 3 heteroatoms. The van der Waals surface area contributed by atoms with Gasteiger partial charge in [0.25, 0.3) is 0 Å². The Labute approximate surface area is 114 Å². The van der Waals surface area contributed by atoms with Gasteiger partial charge in [-0.1, -0.05) is 49.1 Å². The highest BCUT2D eigenvalue weighted by molar-refractivity contribution is 5.76. The van der Waals surface area contributed by atoms with Gasteiger partial charge in [0.05, 0.1) is 7.11 Å². The Morgan fingerprint density at radius 3 is 2.79 bits per heavy atom. The summed E-state index contributed by atoms with van der Waals surface area (Å²) in [5.74, 6) is -0.178. The number of ether oxygens (including phenoxy) is 1. The fraction of sp³-hybridized carbons (Fsp3) is 0.312. The summed E-state index contributed by atoms with van der Waals surface area (Å²) in [6, 6.07) is 9.79. The second kappa shape index (κ2) is 6.34. The summed E-state index contributed by atoms with van der Waals surface area (Å²) in [6.45, 7) is 5.31. The minimum atomic E-state index is -0.235. The molecule has 3 nitrogen and oxygen atoms in total. The third-order valence-electron chi connectivity index (χ3n) is 3.42. The highest BCUT2D eigenvalue weighted by atomic mass is 16.5. The standard InChI is InChI=1S/C16H19NO2/c1-3-13-9-10-17(12-13)15(16(18)19-2)11-14-7-5-4-6-8-14/h3-9,15H,1,10-12H2,2H3/t15-/m0/s1. The van der Waals surface area contributed by atoms with Crippen molar-refractivity contribution in [3.8, 4) is 0 Å². The van der Waals surface area contributed by atoms with Crippen molar-refractivity contribution < 1.29 is 9.53 Å². The molecule has 0 spiro atoms. The van der Waals surface area contributed by atoms with Gasteiger partial charge < -0.3 is 4.74 Å². The second-order valence-electron chi connectivity index (χ2n) is 4.64. The molecule has 0 saturated carbocycles. The van der Waals surface area contributed by atoms with E-state index in [1.807, 2.05) is 36.4 Å². The average molecular weight is 257 g/mol. The second-order valence-corrected chi connectivity index (χ2v) is 4.64. The molecule has 0 unspecified atom stereocenters. The molecule has 0 radical (unpaired) electrons. The summed E-state index contributed by atoms with van der Waals surface area (Å²) in [5, 5.41) is 0. The zero-order valence-electron chi connectivity index (χ0n) is 11.2. The third kappa shape index (κ3) is 3.32. The fourth-order valence-electron chi connectivity index (χ4n) is 2.32. The van der Waals surface area contributed by atoms with Crippen LogP contribution >= 0.6 is 0 Å². The van der Waals surface area contributed by atoms with Crippen LogP contribution < -0.4 is 0 Å². The molecule has 2 rings (SSSR count). The third-order valence-corrected chi connectivity index (χ3v) is 3.42. The van der Waals surface area contributed by atoms with E-state index in [2.05, 4.69) is 17.6 Å². The lowest BCUT2D eigenvalue weighted by Gasteiger charge is -2.25. The molecule has 100 valence electrons. The maximum Gasteiger partial charge on any atom is 0.323 e. The molecule has 1 aliphatic rings. The number of hydrogen-bond acceptors (Lipinski definition) is 3. The molecule has 0 N–H and O–H groups in total. The Bertz CT molecular complexity index is 479. The molecule has 0 fully saturated rings. The van der Waals surface area contributed by atoms with E-state index in [4.69, 9.17) is 4.74 Å². The van der Waals surface area contributed by atoms with Gasteiger partial charge in [-0.05, 0) is 17.6 Å². The number of carbonyl (C=O) groups is 1. The Morgan fingerprint density at radius 2 is 2.21 bits per heavy atom. The molecule has 0 bridgehead atoms. The van der Waals surface area contributed by atoms with E-state index in [9.17, 15) is 4.79 Å². The normalized spacial score (nSPS) is 16.8. The molecular formula is C16H19NO2. The minimum absolute atomic E-state index is 0.178. The first-order chi connectivity index (χ1) is 9.24. The van der Waals surface area contributed by atoms with Crippen molar-refractivity contribution in [2.75, 3.05) is 20.2 Å². The molecule has 19 heavy (non-hydrogen) atoms. The van der Waals surface area contributed by atoms with Crippen LogP contribution in [-0.4, -0.2) is 37.1 Å². The Balaban J connectivity index is 2.09. The van der Waals surface area contributed by atoms with Crippen LogP contribution in [0, 0.1) is 0 Å². The monoisotopic (exact) mass is 257 g/mol. The molecule has 0 aliphatic carbocycles. The molecule has 0 aromatic heterocycles. The van der Waals surface area contributed by atoms with Gasteiger partial charge in [0.2, 0.25) is 0 Å². The zero-order valence-corrected chi connectivity index (χ0v) is 11.2. The van der Waals surface area contributed by atoms with Gasteiger partial charge in [-0.25, -0.2) is 0 Å². The largest absolute Gasteiger partial charge is 0.468 e. The van der Waals surface area contributed by atoms with Gasteiger partial charge in [-0.3, -0.25) is 9.69 Å². The summed E-state index contributed by atoms with van der Waals surface area (Å²) in [5.41, 5.74) is 2.31. The van der Waals surface area contributed by atoms with Crippen molar-refractivity contribution in [3.63, 3.8) is 0 Å². The SMILES string of the molecule is C=CC1=CCN([C@@H](Cc2ccccc2)C(=O)OC)C1. The lowest BCUT2D eigenvalue weighted by molar-refractivity contribution is -0.146. The topological polar surface area (TPSA) is 29.5 Å². The van der Waals surface area contributed by atoms with E-state index >= 15 is 0 Å². The predicted molar refractivity (Wildman–Crippen MR) is 75.8 cm³/mol. The van der Waals surface area contributed by atoms with Crippen LogP contribution in [0.1, 0.15) is 5.56 Å². The number of esters is 1. The Hall–Kier alpha value is -1.87. The lowest BCUT2D eigenvalue weighted by Crippen LogP contribution is -2.42. The van der Waals surface area contributed by atoms with Gasteiger partial charge in [-0.15, -0.1) is 0 Å². The number of benzene rings is 1. The van der Waals surface area contributed by atoms with Crippen molar-refractivity contribution in [1.29, 1.82) is 0 Å². The smallest absolute Gasteiger partial charge is 0.323 e. The van der Waals surface area contributed by atoms with E-state index in [1.165, 1.54) is 12.7 Å². The first-order valence-electron chi connectivity index (χ1n) is 6.42. The number of rotatable bonds is 5. The molecule has 1 atom stereocenters. The van der Waals surface area contributed by atoms with Gasteiger partial charge in [0, 0.05) is 13.1 Å². The average Bonchev–Trinajstić information content (AvgIpc) is 2.93. The van der Waals surface area contributed by atoms with Crippen LogP contribution in [-0.2, 0) is 16.0 Å². The minimum Gasteiger partial charge on any atom is -0.468 e. The molecule has 1 aromatic rings. The summed E-state index contributed by atoms with van der Waals surface area (Å²) < 4.78 is 4.94. The van der Waals surface area contributed by atoms with Crippen molar-refractivity contribution in [1.82, 2.24) is 4.90 Å². The van der Waals surface area contributed by atoms with E-state index in [1.54, 1.807) is 0 Å². The van der Waals surface area contributed by atoms with Crippen LogP contribution in [0.4, 0.5) is 0 Å². The lowest BCUT2D eigenvalue weighted by atomic mass is 10.0. The van der Waals surface area contributed by atoms with Gasteiger partial charge in [-0.2, -0.15) is 0 Å². The van der Waals surface area contributed by atoms with E-state index in [0.29, 0.717) is 6.42 Å². The molecule has 1 aliphatic heterocycles. The number of hydrogen-bond donors (Lipinski definition) is 0. The van der Waals surface area contributed by atoms with Gasteiger partial charge in [0.1, 0.15) is 6.04 Å². The first-order valence-corrected chi connectivity index (χ1v) is 6.42. The predicted octanol–water partition coefficient (Wildman–Crippen LogP) is 2.20. The van der Waals surface area contributed by atoms with Crippen molar-refractivity contribution >= 4 is 5.97 Å². The van der Waals surface area contributed by atoms with Crippen LogP contribution in [0.25, 0.3) is 0 Å². The number of nitrogens with zero attached hydrogens (tertiary/aromatic N) is 1. The summed E-state index contributed by atoms with van der Waals surface area (Å²) in [4.78, 5) is 14.1. The number of carbonyl (C=O) groups excluding carboxylic acids is 1. The quantitative estimate of drug-likeness (QED) is 0.757. The Kier molecular flexibility index (Phi) is 4.53.